The second-order valence-corrected chi connectivity index (χ2v) is 5.96. The minimum atomic E-state index is 0.325. The highest BCUT2D eigenvalue weighted by Crippen LogP contribution is 2.30. The van der Waals surface area contributed by atoms with Gasteiger partial charge in [0, 0.05) is 32.2 Å². The SMILES string of the molecule is C=CCC[C@H](c1ccc2cc(O)ccc2c1)N1CCNCC1. The van der Waals surface area contributed by atoms with Crippen LogP contribution in [0.5, 0.6) is 5.75 Å². The molecular weight excluding hydrogens is 272 g/mol. The van der Waals surface area contributed by atoms with Gasteiger partial charge in [0.15, 0.2) is 0 Å². The molecule has 0 bridgehead atoms. The molecule has 1 aliphatic heterocycles. The van der Waals surface area contributed by atoms with Crippen molar-refractivity contribution in [3.63, 3.8) is 0 Å². The van der Waals surface area contributed by atoms with Gasteiger partial charge in [0.25, 0.3) is 0 Å². The van der Waals surface area contributed by atoms with E-state index in [1.165, 1.54) is 10.9 Å². The summed E-state index contributed by atoms with van der Waals surface area (Å²) in [5.41, 5.74) is 1.36. The average Bonchev–Trinajstić information content (AvgIpc) is 2.56. The Hall–Kier alpha value is -1.84. The molecule has 0 unspecified atom stereocenters. The maximum Gasteiger partial charge on any atom is 0.116 e. The van der Waals surface area contributed by atoms with Crippen LogP contribution in [0, 0.1) is 0 Å². The Bertz CT molecular complexity index is 647. The number of fused-ring (bicyclic) bond motifs is 1. The lowest BCUT2D eigenvalue weighted by Crippen LogP contribution is -2.45. The molecule has 1 heterocycles. The van der Waals surface area contributed by atoms with Gasteiger partial charge in [-0.05, 0) is 47.4 Å². The van der Waals surface area contributed by atoms with E-state index in [1.807, 2.05) is 18.2 Å². The van der Waals surface area contributed by atoms with E-state index in [1.54, 1.807) is 6.07 Å². The molecule has 0 spiro atoms. The van der Waals surface area contributed by atoms with Gasteiger partial charge >= 0.3 is 0 Å². The summed E-state index contributed by atoms with van der Waals surface area (Å²) in [6.07, 6.45) is 4.14. The van der Waals surface area contributed by atoms with Crippen LogP contribution in [0.4, 0.5) is 0 Å². The molecule has 3 nitrogen and oxygen atoms in total. The second kappa shape index (κ2) is 6.95. The smallest absolute Gasteiger partial charge is 0.116 e. The molecule has 1 fully saturated rings. The van der Waals surface area contributed by atoms with Gasteiger partial charge < -0.3 is 10.4 Å². The van der Waals surface area contributed by atoms with Crippen molar-refractivity contribution < 1.29 is 5.11 Å². The Kier molecular flexibility index (Phi) is 4.76. The Labute approximate surface area is 132 Å². The molecule has 1 saturated heterocycles. The quantitative estimate of drug-likeness (QED) is 0.830. The Balaban J connectivity index is 1.91. The standard InChI is InChI=1S/C19H24N2O/c1-2-3-4-19(21-11-9-20-10-12-21)17-6-5-16-14-18(22)8-7-15(16)13-17/h2,5-8,13-14,19-20,22H,1,3-4,9-12H2/t19-/m1/s1. The third-order valence-corrected chi connectivity index (χ3v) is 4.47. The fraction of sp³-hybridized carbons (Fsp3) is 0.368. The van der Waals surface area contributed by atoms with Crippen LogP contribution in [0.3, 0.4) is 0 Å². The van der Waals surface area contributed by atoms with Crippen LogP contribution in [-0.2, 0) is 0 Å². The van der Waals surface area contributed by atoms with E-state index in [9.17, 15) is 5.11 Å². The van der Waals surface area contributed by atoms with Gasteiger partial charge in [0.1, 0.15) is 5.75 Å². The van der Waals surface area contributed by atoms with Gasteiger partial charge in [-0.25, -0.2) is 0 Å². The van der Waals surface area contributed by atoms with E-state index in [0.717, 1.165) is 44.4 Å². The minimum Gasteiger partial charge on any atom is -0.508 e. The molecule has 0 aliphatic carbocycles. The lowest BCUT2D eigenvalue weighted by Gasteiger charge is -2.35. The van der Waals surface area contributed by atoms with Crippen LogP contribution >= 0.6 is 0 Å². The first-order valence-electron chi connectivity index (χ1n) is 8.06. The number of phenolic OH excluding ortho intramolecular Hbond substituents is 1. The van der Waals surface area contributed by atoms with Gasteiger partial charge in [0.05, 0.1) is 0 Å². The number of allylic oxidation sites excluding steroid dienone is 1. The number of benzene rings is 2. The average molecular weight is 296 g/mol. The van der Waals surface area contributed by atoms with Crippen molar-refractivity contribution >= 4 is 10.8 Å². The molecule has 0 amide bonds. The summed E-state index contributed by atoms with van der Waals surface area (Å²) >= 11 is 0. The van der Waals surface area contributed by atoms with Crippen LogP contribution in [0.15, 0.2) is 49.1 Å². The monoisotopic (exact) mass is 296 g/mol. The second-order valence-electron chi connectivity index (χ2n) is 5.96. The van der Waals surface area contributed by atoms with Gasteiger partial charge in [-0.15, -0.1) is 6.58 Å². The van der Waals surface area contributed by atoms with E-state index in [4.69, 9.17) is 0 Å². The number of aromatic hydroxyl groups is 1. The van der Waals surface area contributed by atoms with Crippen molar-refractivity contribution in [2.24, 2.45) is 0 Å². The number of phenols is 1. The normalized spacial score (nSPS) is 17.5. The molecule has 2 aromatic carbocycles. The molecule has 3 heteroatoms. The maximum absolute atomic E-state index is 9.60. The zero-order valence-electron chi connectivity index (χ0n) is 13.0. The highest BCUT2D eigenvalue weighted by molar-refractivity contribution is 5.84. The molecule has 116 valence electrons. The lowest BCUT2D eigenvalue weighted by molar-refractivity contribution is 0.166. The Morgan fingerprint density at radius 2 is 1.86 bits per heavy atom. The molecule has 2 aromatic rings. The molecule has 0 saturated carbocycles. The van der Waals surface area contributed by atoms with Crippen molar-refractivity contribution in [2.45, 2.75) is 18.9 Å². The van der Waals surface area contributed by atoms with E-state index in [-0.39, 0.29) is 0 Å². The first-order valence-corrected chi connectivity index (χ1v) is 8.06. The number of hydrogen-bond donors (Lipinski definition) is 2. The topological polar surface area (TPSA) is 35.5 Å². The van der Waals surface area contributed by atoms with Gasteiger partial charge in [-0.1, -0.05) is 24.3 Å². The number of nitrogens with one attached hydrogen (secondary N) is 1. The number of piperazine rings is 1. The van der Waals surface area contributed by atoms with Crippen LogP contribution in [0.2, 0.25) is 0 Å². The maximum atomic E-state index is 9.60. The molecule has 2 N–H and O–H groups in total. The number of nitrogens with zero attached hydrogens (tertiary/aromatic N) is 1. The van der Waals surface area contributed by atoms with E-state index in [0.29, 0.717) is 11.8 Å². The molecule has 1 aliphatic rings. The minimum absolute atomic E-state index is 0.325. The number of rotatable bonds is 5. The number of hydrogen-bond acceptors (Lipinski definition) is 3. The molecule has 22 heavy (non-hydrogen) atoms. The van der Waals surface area contributed by atoms with Crippen molar-refractivity contribution in [2.75, 3.05) is 26.2 Å². The van der Waals surface area contributed by atoms with E-state index >= 15 is 0 Å². The largest absolute Gasteiger partial charge is 0.508 e. The molecule has 0 radical (unpaired) electrons. The summed E-state index contributed by atoms with van der Waals surface area (Å²) < 4.78 is 0. The van der Waals surface area contributed by atoms with Crippen molar-refractivity contribution in [1.29, 1.82) is 0 Å². The summed E-state index contributed by atoms with van der Waals surface area (Å²) in [6.45, 7) is 8.18. The van der Waals surface area contributed by atoms with Crippen LogP contribution in [-0.4, -0.2) is 36.2 Å². The van der Waals surface area contributed by atoms with E-state index < -0.39 is 0 Å². The summed E-state index contributed by atoms with van der Waals surface area (Å²) in [7, 11) is 0. The Morgan fingerprint density at radius 1 is 1.14 bits per heavy atom. The zero-order chi connectivity index (χ0) is 15.4. The third-order valence-electron chi connectivity index (χ3n) is 4.47. The highest BCUT2D eigenvalue weighted by Gasteiger charge is 2.21. The highest BCUT2D eigenvalue weighted by atomic mass is 16.3. The Morgan fingerprint density at radius 3 is 2.64 bits per heavy atom. The van der Waals surface area contributed by atoms with Crippen LogP contribution in [0.1, 0.15) is 24.4 Å². The molecular formula is C19H24N2O. The summed E-state index contributed by atoms with van der Waals surface area (Å²) in [5.74, 6) is 0.325. The lowest BCUT2D eigenvalue weighted by atomic mass is 9.96. The molecule has 0 aromatic heterocycles. The molecule has 3 rings (SSSR count). The fourth-order valence-electron chi connectivity index (χ4n) is 3.29. The third kappa shape index (κ3) is 3.32. The van der Waals surface area contributed by atoms with Crippen molar-refractivity contribution in [1.82, 2.24) is 10.2 Å². The van der Waals surface area contributed by atoms with Gasteiger partial charge in [-0.3, -0.25) is 4.90 Å². The van der Waals surface area contributed by atoms with Crippen molar-refractivity contribution in [3.8, 4) is 5.75 Å². The van der Waals surface area contributed by atoms with Crippen LogP contribution in [0.25, 0.3) is 10.8 Å². The van der Waals surface area contributed by atoms with E-state index in [2.05, 4.69) is 35.0 Å². The van der Waals surface area contributed by atoms with Gasteiger partial charge in [0.2, 0.25) is 0 Å². The summed E-state index contributed by atoms with van der Waals surface area (Å²) in [6, 6.07) is 12.6. The fourth-order valence-corrected chi connectivity index (χ4v) is 3.29. The predicted octanol–water partition coefficient (Wildman–Crippen LogP) is 3.46. The first kappa shape index (κ1) is 15.1. The summed E-state index contributed by atoms with van der Waals surface area (Å²) in [5, 5.41) is 15.3. The predicted molar refractivity (Wildman–Crippen MR) is 92.2 cm³/mol. The summed E-state index contributed by atoms with van der Waals surface area (Å²) in [4.78, 5) is 2.57. The van der Waals surface area contributed by atoms with Crippen LogP contribution < -0.4 is 5.32 Å². The first-order chi connectivity index (χ1) is 10.8. The molecule has 1 atom stereocenters. The van der Waals surface area contributed by atoms with Crippen molar-refractivity contribution in [3.05, 3.63) is 54.6 Å². The van der Waals surface area contributed by atoms with Gasteiger partial charge in [-0.2, -0.15) is 0 Å². The zero-order valence-corrected chi connectivity index (χ0v) is 13.0.